The number of ether oxygens (including phenoxy) is 2. The van der Waals surface area contributed by atoms with Gasteiger partial charge in [-0.3, -0.25) is 9.59 Å². The van der Waals surface area contributed by atoms with E-state index in [1.54, 1.807) is 48.5 Å². The highest BCUT2D eigenvalue weighted by Gasteiger charge is 2.16. The van der Waals surface area contributed by atoms with Gasteiger partial charge in [-0.25, -0.2) is 5.43 Å². The molecule has 3 rings (SSSR count). The molecule has 0 heterocycles. The van der Waals surface area contributed by atoms with Crippen LogP contribution in [0.2, 0.25) is 5.02 Å². The zero-order valence-corrected chi connectivity index (χ0v) is 19.2. The summed E-state index contributed by atoms with van der Waals surface area (Å²) < 4.78 is 10.6. The van der Waals surface area contributed by atoms with E-state index >= 15 is 0 Å². The Labute approximate surface area is 201 Å². The van der Waals surface area contributed by atoms with Crippen LogP contribution in [0.1, 0.15) is 21.5 Å². The van der Waals surface area contributed by atoms with E-state index in [0.717, 1.165) is 0 Å². The number of methoxy groups -OCH3 is 2. The molecule has 0 bridgehead atoms. The summed E-state index contributed by atoms with van der Waals surface area (Å²) in [6, 6.07) is 17.8. The van der Waals surface area contributed by atoms with Crippen molar-refractivity contribution in [2.75, 3.05) is 14.2 Å². The summed E-state index contributed by atoms with van der Waals surface area (Å²) in [4.78, 5) is 25.7. The lowest BCUT2D eigenvalue weighted by Gasteiger charge is -2.12. The first-order valence-electron chi connectivity index (χ1n) is 10.0. The second kappa shape index (κ2) is 11.5. The number of carbonyl (C=O) groups is 2. The quantitative estimate of drug-likeness (QED) is 0.257. The van der Waals surface area contributed by atoms with Gasteiger partial charge in [0.15, 0.2) is 0 Å². The van der Waals surface area contributed by atoms with Gasteiger partial charge < -0.3 is 19.9 Å². The molecule has 174 valence electrons. The van der Waals surface area contributed by atoms with Gasteiger partial charge in [0.2, 0.25) is 0 Å². The van der Waals surface area contributed by atoms with E-state index < -0.39 is 11.8 Å². The summed E-state index contributed by atoms with van der Waals surface area (Å²) in [5.74, 6) is -0.170. The minimum Gasteiger partial charge on any atom is -0.508 e. The number of hydrogen-bond acceptors (Lipinski definition) is 6. The Morgan fingerprint density at radius 3 is 2.44 bits per heavy atom. The van der Waals surface area contributed by atoms with Crippen LogP contribution < -0.4 is 20.2 Å². The standard InChI is InChI=1S/C25H22ClN3O5/c1-33-20-9-11-23(34-2)17(13-20)14-22(28-24(31)16-6-4-3-5-7-16)25(32)29-27-15-18-12-19(30)8-10-21(18)26/h3-15,30H,1-2H3,(H,28,31)(H,29,32). The summed E-state index contributed by atoms with van der Waals surface area (Å²) in [5, 5.41) is 16.5. The van der Waals surface area contributed by atoms with Crippen molar-refractivity contribution in [3.63, 3.8) is 0 Å². The number of amides is 2. The fraction of sp³-hybridized carbons (Fsp3) is 0.0800. The molecule has 3 N–H and O–H groups in total. The molecule has 8 nitrogen and oxygen atoms in total. The fourth-order valence-electron chi connectivity index (χ4n) is 2.90. The van der Waals surface area contributed by atoms with Crippen molar-refractivity contribution < 1.29 is 24.2 Å². The molecule has 0 aliphatic carbocycles. The first-order chi connectivity index (χ1) is 16.4. The maximum absolute atomic E-state index is 12.9. The molecule has 2 amide bonds. The third-order valence-electron chi connectivity index (χ3n) is 4.61. The molecule has 0 aliphatic heterocycles. The van der Waals surface area contributed by atoms with E-state index in [2.05, 4.69) is 15.8 Å². The molecule has 0 aliphatic rings. The largest absolute Gasteiger partial charge is 0.508 e. The molecule has 0 saturated carbocycles. The van der Waals surface area contributed by atoms with Crippen LogP contribution in [0.4, 0.5) is 0 Å². The van der Waals surface area contributed by atoms with Crippen molar-refractivity contribution in [1.29, 1.82) is 0 Å². The van der Waals surface area contributed by atoms with Crippen molar-refractivity contribution in [3.8, 4) is 17.2 Å². The number of nitrogens with zero attached hydrogens (tertiary/aromatic N) is 1. The summed E-state index contributed by atoms with van der Waals surface area (Å²) in [6.07, 6.45) is 2.73. The normalized spacial score (nSPS) is 11.2. The summed E-state index contributed by atoms with van der Waals surface area (Å²) in [7, 11) is 3.01. The van der Waals surface area contributed by atoms with Crippen LogP contribution in [0.25, 0.3) is 6.08 Å². The van der Waals surface area contributed by atoms with Gasteiger partial charge in [0, 0.05) is 21.7 Å². The van der Waals surface area contributed by atoms with Crippen LogP contribution in [0, 0.1) is 0 Å². The molecule has 0 atom stereocenters. The molecule has 0 fully saturated rings. The topological polar surface area (TPSA) is 109 Å². The molecule has 0 saturated heterocycles. The number of phenolic OH excluding ortho intramolecular Hbond substituents is 1. The number of benzene rings is 3. The van der Waals surface area contributed by atoms with E-state index in [1.165, 1.54) is 44.7 Å². The number of aromatic hydroxyl groups is 1. The minimum absolute atomic E-state index is 0.00185. The van der Waals surface area contributed by atoms with Gasteiger partial charge in [-0.2, -0.15) is 5.10 Å². The van der Waals surface area contributed by atoms with Crippen LogP contribution in [0.15, 0.2) is 77.5 Å². The monoisotopic (exact) mass is 479 g/mol. The smallest absolute Gasteiger partial charge is 0.287 e. The summed E-state index contributed by atoms with van der Waals surface area (Å²) in [5.41, 5.74) is 3.54. The van der Waals surface area contributed by atoms with Crippen LogP contribution >= 0.6 is 11.6 Å². The number of rotatable bonds is 8. The van der Waals surface area contributed by atoms with E-state index in [0.29, 0.717) is 33.2 Å². The Balaban J connectivity index is 1.91. The average Bonchev–Trinajstić information content (AvgIpc) is 2.86. The van der Waals surface area contributed by atoms with E-state index in [4.69, 9.17) is 21.1 Å². The summed E-state index contributed by atoms with van der Waals surface area (Å²) in [6.45, 7) is 0. The van der Waals surface area contributed by atoms with Crippen molar-refractivity contribution in [2.45, 2.75) is 0 Å². The van der Waals surface area contributed by atoms with E-state index in [9.17, 15) is 14.7 Å². The van der Waals surface area contributed by atoms with E-state index in [1.807, 2.05) is 0 Å². The van der Waals surface area contributed by atoms with Crippen LogP contribution in [0.5, 0.6) is 17.2 Å². The van der Waals surface area contributed by atoms with Gasteiger partial charge in [0.05, 0.1) is 20.4 Å². The first-order valence-corrected chi connectivity index (χ1v) is 10.4. The number of halogens is 1. The molecular weight excluding hydrogens is 458 g/mol. The van der Waals surface area contributed by atoms with E-state index in [-0.39, 0.29) is 11.4 Å². The molecule has 3 aromatic rings. The SMILES string of the molecule is COc1ccc(OC)c(C=C(NC(=O)c2ccccc2)C(=O)NN=Cc2cc(O)ccc2Cl)c1. The summed E-state index contributed by atoms with van der Waals surface area (Å²) >= 11 is 6.07. The van der Waals surface area contributed by atoms with Crippen molar-refractivity contribution in [3.05, 3.63) is 94.1 Å². The zero-order chi connectivity index (χ0) is 24.5. The van der Waals surface area contributed by atoms with Crippen molar-refractivity contribution in [1.82, 2.24) is 10.7 Å². The molecule has 3 aromatic carbocycles. The average molecular weight is 480 g/mol. The Morgan fingerprint density at radius 2 is 1.74 bits per heavy atom. The highest BCUT2D eigenvalue weighted by Crippen LogP contribution is 2.26. The lowest BCUT2D eigenvalue weighted by Crippen LogP contribution is -2.32. The first kappa shape index (κ1) is 24.3. The lowest BCUT2D eigenvalue weighted by atomic mass is 10.1. The highest BCUT2D eigenvalue weighted by atomic mass is 35.5. The number of hydrazone groups is 1. The second-order valence-electron chi connectivity index (χ2n) is 6.89. The Kier molecular flexibility index (Phi) is 8.26. The Morgan fingerprint density at radius 1 is 0.971 bits per heavy atom. The number of nitrogens with one attached hydrogen (secondary N) is 2. The van der Waals surface area contributed by atoms with Gasteiger partial charge >= 0.3 is 0 Å². The predicted molar refractivity (Wildman–Crippen MR) is 130 cm³/mol. The highest BCUT2D eigenvalue weighted by molar-refractivity contribution is 6.33. The Hall–Kier alpha value is -4.30. The predicted octanol–water partition coefficient (Wildman–Crippen LogP) is 3.98. The van der Waals surface area contributed by atoms with Crippen LogP contribution in [0.3, 0.4) is 0 Å². The molecule has 0 radical (unpaired) electrons. The number of carbonyl (C=O) groups excluding carboxylic acids is 2. The lowest BCUT2D eigenvalue weighted by molar-refractivity contribution is -0.117. The van der Waals surface area contributed by atoms with Gasteiger partial charge in [0.1, 0.15) is 22.9 Å². The van der Waals surface area contributed by atoms with Gasteiger partial charge in [-0.15, -0.1) is 0 Å². The Bertz CT molecular complexity index is 1240. The fourth-order valence-corrected chi connectivity index (χ4v) is 3.07. The number of hydrogen-bond donors (Lipinski definition) is 3. The molecule has 9 heteroatoms. The molecule has 0 spiro atoms. The zero-order valence-electron chi connectivity index (χ0n) is 18.4. The molecule has 34 heavy (non-hydrogen) atoms. The maximum atomic E-state index is 12.9. The van der Waals surface area contributed by atoms with Crippen molar-refractivity contribution >= 4 is 35.7 Å². The molecule has 0 unspecified atom stereocenters. The van der Waals surface area contributed by atoms with Crippen LogP contribution in [-0.2, 0) is 4.79 Å². The van der Waals surface area contributed by atoms with Gasteiger partial charge in [-0.1, -0.05) is 29.8 Å². The van der Waals surface area contributed by atoms with Gasteiger partial charge in [0.25, 0.3) is 11.8 Å². The van der Waals surface area contributed by atoms with Crippen molar-refractivity contribution in [2.24, 2.45) is 5.10 Å². The third kappa shape index (κ3) is 6.36. The third-order valence-corrected chi connectivity index (χ3v) is 4.96. The minimum atomic E-state index is -0.693. The second-order valence-corrected chi connectivity index (χ2v) is 7.30. The molecule has 0 aromatic heterocycles. The van der Waals surface area contributed by atoms with Crippen LogP contribution in [-0.4, -0.2) is 37.4 Å². The van der Waals surface area contributed by atoms with Gasteiger partial charge in [-0.05, 0) is 54.6 Å². The maximum Gasteiger partial charge on any atom is 0.287 e. The molecular formula is C25H22ClN3O5. The number of phenols is 1.